The Balaban J connectivity index is 1.98. The number of rotatable bonds is 3. The first-order chi connectivity index (χ1) is 11.4. The normalized spacial score (nSPS) is 10.7. The number of carbonyl (C=O) groups excluding carboxylic acids is 2. The summed E-state index contributed by atoms with van der Waals surface area (Å²) in [5, 5.41) is 7.33. The fraction of sp³-hybridized carbons (Fsp3) is 0.0625. The van der Waals surface area contributed by atoms with Gasteiger partial charge in [-0.05, 0) is 36.8 Å². The van der Waals surface area contributed by atoms with Crippen LogP contribution in [0.4, 0.5) is 5.69 Å². The molecule has 0 saturated heterocycles. The largest absolute Gasteiger partial charge is 0.329 e. The average molecular weight is 385 g/mol. The number of aryl methyl sites for hydroxylation is 1. The standard InChI is InChI=1S/C16H12Cl3N3O2/c1-9-5-6-10(7-14(9)19)21-15(23)16(24)22-20-8-11-12(17)3-2-4-13(11)18/h2-8H,1H3,(H,21,23)(H,22,24). The van der Waals surface area contributed by atoms with Gasteiger partial charge in [0.15, 0.2) is 0 Å². The maximum atomic E-state index is 11.8. The summed E-state index contributed by atoms with van der Waals surface area (Å²) in [5.41, 5.74) is 3.80. The van der Waals surface area contributed by atoms with Crippen LogP contribution in [-0.2, 0) is 9.59 Å². The maximum absolute atomic E-state index is 11.8. The second-order valence-electron chi connectivity index (χ2n) is 4.75. The molecule has 2 amide bonds. The SMILES string of the molecule is Cc1ccc(NC(=O)C(=O)NN=Cc2c(Cl)cccc2Cl)cc1Cl. The molecule has 5 nitrogen and oxygen atoms in total. The van der Waals surface area contributed by atoms with E-state index in [0.29, 0.717) is 26.3 Å². The third-order valence-electron chi connectivity index (χ3n) is 3.00. The van der Waals surface area contributed by atoms with Crippen molar-refractivity contribution in [3.05, 3.63) is 62.6 Å². The van der Waals surface area contributed by atoms with Crippen LogP contribution in [-0.4, -0.2) is 18.0 Å². The van der Waals surface area contributed by atoms with Crippen molar-refractivity contribution in [3.63, 3.8) is 0 Å². The van der Waals surface area contributed by atoms with Crippen molar-refractivity contribution in [2.75, 3.05) is 5.32 Å². The Hall–Kier alpha value is -2.08. The van der Waals surface area contributed by atoms with E-state index in [1.54, 1.807) is 36.4 Å². The Labute approximate surface area is 153 Å². The van der Waals surface area contributed by atoms with Crippen LogP contribution in [0.15, 0.2) is 41.5 Å². The Kier molecular flexibility index (Phi) is 6.20. The first-order valence-corrected chi connectivity index (χ1v) is 7.86. The summed E-state index contributed by atoms with van der Waals surface area (Å²) in [7, 11) is 0. The van der Waals surface area contributed by atoms with Crippen LogP contribution in [0, 0.1) is 6.92 Å². The lowest BCUT2D eigenvalue weighted by molar-refractivity contribution is -0.136. The number of carbonyl (C=O) groups is 2. The predicted molar refractivity (Wildman–Crippen MR) is 97.0 cm³/mol. The molecule has 0 unspecified atom stereocenters. The topological polar surface area (TPSA) is 70.6 Å². The fourth-order valence-corrected chi connectivity index (χ4v) is 2.37. The fourth-order valence-electron chi connectivity index (χ4n) is 1.70. The highest BCUT2D eigenvalue weighted by atomic mass is 35.5. The summed E-state index contributed by atoms with van der Waals surface area (Å²) >= 11 is 17.9. The minimum absolute atomic E-state index is 0.374. The smallest absolute Gasteiger partial charge is 0.318 e. The molecular weight excluding hydrogens is 373 g/mol. The van der Waals surface area contributed by atoms with Gasteiger partial charge in [0.2, 0.25) is 0 Å². The van der Waals surface area contributed by atoms with Gasteiger partial charge in [-0.3, -0.25) is 9.59 Å². The molecule has 2 rings (SSSR count). The molecule has 0 fully saturated rings. The van der Waals surface area contributed by atoms with Gasteiger partial charge in [-0.15, -0.1) is 0 Å². The van der Waals surface area contributed by atoms with E-state index in [1.165, 1.54) is 6.21 Å². The molecule has 24 heavy (non-hydrogen) atoms. The highest BCUT2D eigenvalue weighted by Crippen LogP contribution is 2.22. The molecule has 2 aromatic rings. The van der Waals surface area contributed by atoms with E-state index in [2.05, 4.69) is 15.8 Å². The van der Waals surface area contributed by atoms with E-state index >= 15 is 0 Å². The summed E-state index contributed by atoms with van der Waals surface area (Å²) < 4.78 is 0. The quantitative estimate of drug-likeness (QED) is 0.476. The molecular formula is C16H12Cl3N3O2. The number of benzene rings is 2. The molecule has 8 heteroatoms. The number of anilines is 1. The lowest BCUT2D eigenvalue weighted by atomic mass is 10.2. The monoisotopic (exact) mass is 383 g/mol. The van der Waals surface area contributed by atoms with Gasteiger partial charge in [0.05, 0.1) is 16.3 Å². The van der Waals surface area contributed by atoms with Crippen molar-refractivity contribution >= 4 is 58.5 Å². The molecule has 0 aliphatic rings. The molecule has 0 aliphatic carbocycles. The van der Waals surface area contributed by atoms with Crippen LogP contribution < -0.4 is 10.7 Å². The van der Waals surface area contributed by atoms with Crippen LogP contribution >= 0.6 is 34.8 Å². The third-order valence-corrected chi connectivity index (χ3v) is 4.06. The minimum Gasteiger partial charge on any atom is -0.318 e. The first-order valence-electron chi connectivity index (χ1n) is 6.73. The van der Waals surface area contributed by atoms with Gasteiger partial charge in [0, 0.05) is 16.3 Å². The van der Waals surface area contributed by atoms with E-state index < -0.39 is 11.8 Å². The molecule has 0 aromatic heterocycles. The van der Waals surface area contributed by atoms with E-state index in [1.807, 2.05) is 6.92 Å². The lowest BCUT2D eigenvalue weighted by Crippen LogP contribution is -2.32. The molecule has 0 heterocycles. The van der Waals surface area contributed by atoms with Gasteiger partial charge in [-0.1, -0.05) is 46.9 Å². The molecule has 0 atom stereocenters. The number of hydrogen-bond donors (Lipinski definition) is 2. The average Bonchev–Trinajstić information content (AvgIpc) is 2.53. The van der Waals surface area contributed by atoms with Crippen molar-refractivity contribution in [1.29, 1.82) is 0 Å². The predicted octanol–water partition coefficient (Wildman–Crippen LogP) is 4.04. The number of nitrogens with zero attached hydrogens (tertiary/aromatic N) is 1. The van der Waals surface area contributed by atoms with E-state index in [9.17, 15) is 9.59 Å². The van der Waals surface area contributed by atoms with Crippen LogP contribution in [0.25, 0.3) is 0 Å². The molecule has 2 aromatic carbocycles. The Morgan fingerprint density at radius 1 is 1.00 bits per heavy atom. The molecule has 2 N–H and O–H groups in total. The molecule has 0 aliphatic heterocycles. The van der Waals surface area contributed by atoms with Crippen molar-refractivity contribution in [2.24, 2.45) is 5.10 Å². The summed E-state index contributed by atoms with van der Waals surface area (Å²) in [6.45, 7) is 1.83. The number of hydrazone groups is 1. The molecule has 0 radical (unpaired) electrons. The molecule has 124 valence electrons. The van der Waals surface area contributed by atoms with Crippen molar-refractivity contribution < 1.29 is 9.59 Å². The van der Waals surface area contributed by atoms with Crippen LogP contribution in [0.3, 0.4) is 0 Å². The lowest BCUT2D eigenvalue weighted by Gasteiger charge is -2.06. The number of halogens is 3. The van der Waals surface area contributed by atoms with Crippen LogP contribution in [0.1, 0.15) is 11.1 Å². The van der Waals surface area contributed by atoms with E-state index in [4.69, 9.17) is 34.8 Å². The Morgan fingerprint density at radius 2 is 1.67 bits per heavy atom. The molecule has 0 saturated carbocycles. The Bertz CT molecular complexity index is 802. The van der Waals surface area contributed by atoms with Gasteiger partial charge >= 0.3 is 11.8 Å². The number of hydrogen-bond acceptors (Lipinski definition) is 3. The summed E-state index contributed by atoms with van der Waals surface area (Å²) in [6, 6.07) is 9.86. The summed E-state index contributed by atoms with van der Waals surface area (Å²) in [5.74, 6) is -1.82. The zero-order chi connectivity index (χ0) is 17.7. The van der Waals surface area contributed by atoms with Crippen LogP contribution in [0.2, 0.25) is 15.1 Å². The first kappa shape index (κ1) is 18.3. The Morgan fingerprint density at radius 3 is 2.29 bits per heavy atom. The van der Waals surface area contributed by atoms with Crippen LogP contribution in [0.5, 0.6) is 0 Å². The number of amides is 2. The van der Waals surface area contributed by atoms with Gasteiger partial charge in [0.1, 0.15) is 0 Å². The highest BCUT2D eigenvalue weighted by Gasteiger charge is 2.13. The zero-order valence-corrected chi connectivity index (χ0v) is 14.7. The van der Waals surface area contributed by atoms with Crippen molar-refractivity contribution in [2.45, 2.75) is 6.92 Å². The second-order valence-corrected chi connectivity index (χ2v) is 5.97. The van der Waals surface area contributed by atoms with Gasteiger partial charge < -0.3 is 5.32 Å². The maximum Gasteiger partial charge on any atom is 0.329 e. The third kappa shape index (κ3) is 4.71. The van der Waals surface area contributed by atoms with Crippen molar-refractivity contribution in [3.8, 4) is 0 Å². The van der Waals surface area contributed by atoms with Gasteiger partial charge in [-0.25, -0.2) is 5.43 Å². The summed E-state index contributed by atoms with van der Waals surface area (Å²) in [4.78, 5) is 23.5. The summed E-state index contributed by atoms with van der Waals surface area (Å²) in [6.07, 6.45) is 1.26. The number of nitrogens with one attached hydrogen (secondary N) is 2. The van der Waals surface area contributed by atoms with E-state index in [0.717, 1.165) is 5.56 Å². The highest BCUT2D eigenvalue weighted by molar-refractivity contribution is 6.40. The van der Waals surface area contributed by atoms with Gasteiger partial charge in [0.25, 0.3) is 0 Å². The molecule has 0 spiro atoms. The van der Waals surface area contributed by atoms with Gasteiger partial charge in [-0.2, -0.15) is 5.10 Å². The minimum atomic E-state index is -0.939. The second kappa shape index (κ2) is 8.15. The zero-order valence-electron chi connectivity index (χ0n) is 12.4. The van der Waals surface area contributed by atoms with Crippen molar-refractivity contribution in [1.82, 2.24) is 5.43 Å². The van der Waals surface area contributed by atoms with E-state index in [-0.39, 0.29) is 0 Å². The molecule has 0 bridgehead atoms.